The number of hydrogen-bond acceptors (Lipinski definition) is 4. The second kappa shape index (κ2) is 6.24. The summed E-state index contributed by atoms with van der Waals surface area (Å²) in [5.41, 5.74) is 3.25. The highest BCUT2D eigenvalue weighted by Gasteiger charge is 2.14. The van der Waals surface area contributed by atoms with Gasteiger partial charge in [-0.2, -0.15) is 0 Å². The van der Waals surface area contributed by atoms with Crippen molar-refractivity contribution in [2.24, 2.45) is 0 Å². The van der Waals surface area contributed by atoms with Crippen LogP contribution in [-0.2, 0) is 6.54 Å². The van der Waals surface area contributed by atoms with Crippen LogP contribution in [0.3, 0.4) is 0 Å². The average Bonchev–Trinajstić information content (AvgIpc) is 3.15. The molecule has 0 fully saturated rings. The third-order valence-corrected chi connectivity index (χ3v) is 4.29. The summed E-state index contributed by atoms with van der Waals surface area (Å²) in [5, 5.41) is 4.48. The number of aromatic nitrogens is 1. The van der Waals surface area contributed by atoms with Crippen molar-refractivity contribution in [3.05, 3.63) is 53.8 Å². The molecule has 3 aromatic rings. The van der Waals surface area contributed by atoms with Crippen LogP contribution in [0.15, 0.2) is 53.3 Å². The van der Waals surface area contributed by atoms with Gasteiger partial charge in [-0.25, -0.2) is 4.98 Å². The molecule has 0 amide bonds. The van der Waals surface area contributed by atoms with E-state index < -0.39 is 0 Å². The maximum Gasteiger partial charge on any atom is 0.127 e. The van der Waals surface area contributed by atoms with Crippen molar-refractivity contribution in [1.29, 1.82) is 0 Å². The maximum absolute atomic E-state index is 5.17. The molecule has 0 saturated carbocycles. The van der Waals surface area contributed by atoms with E-state index >= 15 is 0 Å². The molecule has 3 rings (SSSR count). The highest BCUT2D eigenvalue weighted by molar-refractivity contribution is 7.15. The Morgan fingerprint density at radius 3 is 2.62 bits per heavy atom. The van der Waals surface area contributed by atoms with Gasteiger partial charge in [-0.05, 0) is 6.07 Å². The monoisotopic (exact) mass is 298 g/mol. The molecule has 3 nitrogen and oxygen atoms in total. The molecule has 2 aromatic heterocycles. The van der Waals surface area contributed by atoms with E-state index in [2.05, 4.69) is 31.3 Å². The zero-order valence-corrected chi connectivity index (χ0v) is 13.0. The fraction of sp³-hybridized carbons (Fsp3) is 0.235. The smallest absolute Gasteiger partial charge is 0.127 e. The topological polar surface area (TPSA) is 38.1 Å². The van der Waals surface area contributed by atoms with Gasteiger partial charge < -0.3 is 9.73 Å². The van der Waals surface area contributed by atoms with E-state index in [1.165, 1.54) is 4.88 Å². The van der Waals surface area contributed by atoms with Gasteiger partial charge in [0.1, 0.15) is 11.3 Å². The standard InChI is InChI=1S/C17H18N2OS/c1-12(2)18-10-15-16(13-6-4-3-5-7-13)19-17(21-15)14-8-9-20-11-14/h3-9,11-12,18H,10H2,1-2H3. The van der Waals surface area contributed by atoms with Gasteiger partial charge in [0.25, 0.3) is 0 Å². The van der Waals surface area contributed by atoms with E-state index in [4.69, 9.17) is 9.40 Å². The molecule has 0 aliphatic heterocycles. The van der Waals surface area contributed by atoms with Crippen molar-refractivity contribution in [2.45, 2.75) is 26.4 Å². The minimum absolute atomic E-state index is 0.452. The molecule has 0 unspecified atom stereocenters. The summed E-state index contributed by atoms with van der Waals surface area (Å²) in [4.78, 5) is 6.08. The third kappa shape index (κ3) is 3.23. The summed E-state index contributed by atoms with van der Waals surface area (Å²) in [7, 11) is 0. The molecule has 0 aliphatic carbocycles. The van der Waals surface area contributed by atoms with Crippen molar-refractivity contribution < 1.29 is 4.42 Å². The van der Waals surface area contributed by atoms with Gasteiger partial charge in [-0.1, -0.05) is 44.2 Å². The molecule has 0 atom stereocenters. The molecular formula is C17H18N2OS. The van der Waals surface area contributed by atoms with Crippen LogP contribution >= 0.6 is 11.3 Å². The van der Waals surface area contributed by atoms with Crippen LogP contribution in [0.5, 0.6) is 0 Å². The molecule has 0 saturated heterocycles. The van der Waals surface area contributed by atoms with E-state index in [0.717, 1.165) is 28.4 Å². The summed E-state index contributed by atoms with van der Waals surface area (Å²) in [6.45, 7) is 5.14. The van der Waals surface area contributed by atoms with Gasteiger partial charge in [-0.3, -0.25) is 0 Å². The Balaban J connectivity index is 2.00. The number of rotatable bonds is 5. The lowest BCUT2D eigenvalue weighted by Crippen LogP contribution is -2.21. The van der Waals surface area contributed by atoms with E-state index in [0.29, 0.717) is 6.04 Å². The van der Waals surface area contributed by atoms with Gasteiger partial charge in [-0.15, -0.1) is 11.3 Å². The summed E-state index contributed by atoms with van der Waals surface area (Å²) in [6.07, 6.45) is 3.43. The SMILES string of the molecule is CC(C)NCc1sc(-c2ccoc2)nc1-c1ccccc1. The predicted molar refractivity (Wildman–Crippen MR) is 87.2 cm³/mol. The molecule has 108 valence electrons. The lowest BCUT2D eigenvalue weighted by atomic mass is 10.1. The molecule has 0 aliphatic rings. The van der Waals surface area contributed by atoms with Crippen LogP contribution < -0.4 is 5.32 Å². The van der Waals surface area contributed by atoms with Crippen LogP contribution in [0, 0.1) is 0 Å². The fourth-order valence-electron chi connectivity index (χ4n) is 2.10. The first-order valence-corrected chi connectivity index (χ1v) is 7.87. The molecule has 0 radical (unpaired) electrons. The molecule has 0 bridgehead atoms. The second-order valence-corrected chi connectivity index (χ2v) is 6.29. The number of nitrogens with one attached hydrogen (secondary N) is 1. The van der Waals surface area contributed by atoms with Gasteiger partial charge in [0.15, 0.2) is 0 Å². The van der Waals surface area contributed by atoms with Crippen LogP contribution in [0.1, 0.15) is 18.7 Å². The Labute approximate surface area is 128 Å². The number of nitrogens with zero attached hydrogens (tertiary/aromatic N) is 1. The van der Waals surface area contributed by atoms with Crippen molar-refractivity contribution >= 4 is 11.3 Å². The van der Waals surface area contributed by atoms with Gasteiger partial charge in [0.05, 0.1) is 12.0 Å². The minimum atomic E-state index is 0.452. The number of furan rings is 1. The maximum atomic E-state index is 5.17. The van der Waals surface area contributed by atoms with Crippen molar-refractivity contribution in [2.75, 3.05) is 0 Å². The highest BCUT2D eigenvalue weighted by Crippen LogP contribution is 2.34. The Kier molecular flexibility index (Phi) is 4.18. The normalized spacial score (nSPS) is 11.2. The van der Waals surface area contributed by atoms with E-state index in [9.17, 15) is 0 Å². The molecule has 0 spiro atoms. The van der Waals surface area contributed by atoms with E-state index in [1.807, 2.05) is 24.3 Å². The highest BCUT2D eigenvalue weighted by atomic mass is 32.1. The Hall–Kier alpha value is -1.91. The summed E-state index contributed by atoms with van der Waals surface area (Å²) < 4.78 is 5.17. The first-order valence-electron chi connectivity index (χ1n) is 7.05. The van der Waals surface area contributed by atoms with Crippen LogP contribution in [0.2, 0.25) is 0 Å². The molecular weight excluding hydrogens is 280 g/mol. The Morgan fingerprint density at radius 1 is 1.14 bits per heavy atom. The molecule has 2 heterocycles. The van der Waals surface area contributed by atoms with Crippen LogP contribution in [0.4, 0.5) is 0 Å². The summed E-state index contributed by atoms with van der Waals surface area (Å²) >= 11 is 1.72. The zero-order valence-electron chi connectivity index (χ0n) is 12.2. The van der Waals surface area contributed by atoms with Crippen molar-refractivity contribution in [3.8, 4) is 21.8 Å². The van der Waals surface area contributed by atoms with Crippen molar-refractivity contribution in [3.63, 3.8) is 0 Å². The van der Waals surface area contributed by atoms with Crippen molar-refractivity contribution in [1.82, 2.24) is 10.3 Å². The summed E-state index contributed by atoms with van der Waals surface area (Å²) in [5.74, 6) is 0. The number of thiazole rings is 1. The Morgan fingerprint density at radius 2 is 1.95 bits per heavy atom. The lowest BCUT2D eigenvalue weighted by Gasteiger charge is -2.07. The third-order valence-electron chi connectivity index (χ3n) is 3.18. The van der Waals surface area contributed by atoms with E-state index in [1.54, 1.807) is 23.9 Å². The number of benzene rings is 1. The number of hydrogen-bond donors (Lipinski definition) is 1. The second-order valence-electron chi connectivity index (χ2n) is 5.20. The fourth-order valence-corrected chi connectivity index (χ4v) is 3.12. The van der Waals surface area contributed by atoms with E-state index in [-0.39, 0.29) is 0 Å². The van der Waals surface area contributed by atoms with Gasteiger partial charge >= 0.3 is 0 Å². The Bertz CT molecular complexity index is 687. The van der Waals surface area contributed by atoms with Crippen LogP contribution in [0.25, 0.3) is 21.8 Å². The average molecular weight is 298 g/mol. The first-order chi connectivity index (χ1) is 10.2. The molecule has 1 aromatic carbocycles. The first kappa shape index (κ1) is 14.0. The minimum Gasteiger partial charge on any atom is -0.472 e. The molecule has 1 N–H and O–H groups in total. The largest absolute Gasteiger partial charge is 0.472 e. The van der Waals surface area contributed by atoms with Crippen LogP contribution in [-0.4, -0.2) is 11.0 Å². The molecule has 4 heteroatoms. The predicted octanol–water partition coefficient (Wildman–Crippen LogP) is 4.57. The molecule has 21 heavy (non-hydrogen) atoms. The van der Waals surface area contributed by atoms with Gasteiger partial charge in [0, 0.05) is 28.6 Å². The summed E-state index contributed by atoms with van der Waals surface area (Å²) in [6, 6.07) is 12.7. The van der Waals surface area contributed by atoms with Gasteiger partial charge in [0.2, 0.25) is 0 Å². The zero-order chi connectivity index (χ0) is 14.7. The quantitative estimate of drug-likeness (QED) is 0.750. The lowest BCUT2D eigenvalue weighted by molar-refractivity contribution is 0.568.